The zero-order valence-electron chi connectivity index (χ0n) is 6.87. The van der Waals surface area contributed by atoms with Gasteiger partial charge in [-0.25, -0.2) is 4.79 Å². The molecule has 0 fully saturated rings. The van der Waals surface area contributed by atoms with Crippen LogP contribution in [0, 0.1) is 0 Å². The van der Waals surface area contributed by atoms with Crippen molar-refractivity contribution in [2.75, 3.05) is 34.0 Å². The Kier molecular flexibility index (Phi) is 5.50. The van der Waals surface area contributed by atoms with E-state index in [4.69, 9.17) is 5.73 Å². The van der Waals surface area contributed by atoms with E-state index in [1.54, 1.807) is 0 Å². The summed E-state index contributed by atoms with van der Waals surface area (Å²) in [5.41, 5.74) is 4.93. The van der Waals surface area contributed by atoms with Crippen LogP contribution in [-0.2, 0) is 9.47 Å². The maximum atomic E-state index is 10.5. The quantitative estimate of drug-likeness (QED) is 0.451. The second-order valence-electron chi connectivity index (χ2n) is 2.21. The Morgan fingerprint density at radius 1 is 1.45 bits per heavy atom. The molecule has 0 aromatic heterocycles. The summed E-state index contributed by atoms with van der Waals surface area (Å²) in [4.78, 5) is 12.4. The zero-order valence-corrected chi connectivity index (χ0v) is 6.87. The minimum atomic E-state index is -0.714. The first kappa shape index (κ1) is 10.2. The Labute approximate surface area is 66.1 Å². The van der Waals surface area contributed by atoms with Crippen LogP contribution >= 0.6 is 0 Å². The third-order valence-electron chi connectivity index (χ3n) is 0.960. The first-order chi connectivity index (χ1) is 5.16. The molecule has 0 aliphatic rings. The maximum absolute atomic E-state index is 10.5. The van der Waals surface area contributed by atoms with Crippen LogP contribution in [0.3, 0.4) is 0 Å². The van der Waals surface area contributed by atoms with Crippen molar-refractivity contribution in [1.29, 1.82) is 0 Å². The van der Waals surface area contributed by atoms with Gasteiger partial charge in [0.1, 0.15) is 13.3 Å². The van der Waals surface area contributed by atoms with E-state index < -0.39 is 6.16 Å². The molecule has 0 unspecified atom stereocenters. The van der Waals surface area contributed by atoms with E-state index in [1.807, 2.05) is 19.0 Å². The smallest absolute Gasteiger partial charge is 0.433 e. The van der Waals surface area contributed by atoms with E-state index >= 15 is 0 Å². The lowest BCUT2D eigenvalue weighted by molar-refractivity contribution is 0.0531. The number of nitrogens with two attached hydrogens (primary N) is 1. The molecule has 0 aromatic carbocycles. The van der Waals surface area contributed by atoms with E-state index in [2.05, 4.69) is 9.47 Å². The van der Waals surface area contributed by atoms with Gasteiger partial charge in [-0.05, 0) is 14.1 Å². The van der Waals surface area contributed by atoms with Crippen molar-refractivity contribution in [2.45, 2.75) is 0 Å². The number of likely N-dealkylation sites (N-methyl/N-ethyl adjacent to an activating group) is 1. The number of nitrogens with zero attached hydrogens (tertiary/aromatic N) is 1. The van der Waals surface area contributed by atoms with Crippen LogP contribution in [0.1, 0.15) is 0 Å². The second kappa shape index (κ2) is 5.94. The van der Waals surface area contributed by atoms with Crippen LogP contribution in [0.4, 0.5) is 4.79 Å². The Hall–Kier alpha value is -0.810. The van der Waals surface area contributed by atoms with Crippen molar-refractivity contribution in [3.05, 3.63) is 0 Å². The Bertz CT molecular complexity index is 116. The molecule has 0 aliphatic carbocycles. The van der Waals surface area contributed by atoms with Crippen molar-refractivity contribution < 1.29 is 14.3 Å². The van der Waals surface area contributed by atoms with Crippen LogP contribution in [0.15, 0.2) is 0 Å². The van der Waals surface area contributed by atoms with Crippen LogP contribution < -0.4 is 5.73 Å². The van der Waals surface area contributed by atoms with Crippen molar-refractivity contribution >= 4 is 6.16 Å². The fraction of sp³-hybridized carbons (Fsp3) is 0.833. The summed E-state index contributed by atoms with van der Waals surface area (Å²) in [5, 5.41) is 0. The molecule has 0 aliphatic heterocycles. The van der Waals surface area contributed by atoms with Gasteiger partial charge in [-0.2, -0.15) is 0 Å². The van der Waals surface area contributed by atoms with Gasteiger partial charge in [0.15, 0.2) is 0 Å². The largest absolute Gasteiger partial charge is 0.509 e. The van der Waals surface area contributed by atoms with Gasteiger partial charge in [0.25, 0.3) is 0 Å². The van der Waals surface area contributed by atoms with E-state index in [0.29, 0.717) is 13.2 Å². The van der Waals surface area contributed by atoms with Gasteiger partial charge in [0.2, 0.25) is 0 Å². The standard InChI is InChI=1S/C6H14N2O3/c1-8(2)3-4-10-6(9)11-5-7/h3-5,7H2,1-2H3. The molecule has 66 valence electrons. The molecule has 5 heteroatoms. The first-order valence-electron chi connectivity index (χ1n) is 3.31. The average molecular weight is 162 g/mol. The topological polar surface area (TPSA) is 64.8 Å². The summed E-state index contributed by atoms with van der Waals surface area (Å²) >= 11 is 0. The highest BCUT2D eigenvalue weighted by atomic mass is 16.7. The normalized spacial score (nSPS) is 9.82. The molecule has 0 spiro atoms. The highest BCUT2D eigenvalue weighted by Gasteiger charge is 2.00. The third kappa shape index (κ3) is 7.08. The van der Waals surface area contributed by atoms with Gasteiger partial charge in [-0.3, -0.25) is 5.73 Å². The number of ether oxygens (including phenoxy) is 2. The number of hydrogen-bond acceptors (Lipinski definition) is 5. The molecule has 0 amide bonds. The lowest BCUT2D eigenvalue weighted by atomic mass is 10.6. The molecule has 0 heterocycles. The second-order valence-corrected chi connectivity index (χ2v) is 2.21. The molecule has 2 N–H and O–H groups in total. The molecule has 0 bridgehead atoms. The van der Waals surface area contributed by atoms with Crippen LogP contribution in [0.25, 0.3) is 0 Å². The minimum absolute atomic E-state index is 0.138. The van der Waals surface area contributed by atoms with E-state index in [-0.39, 0.29) is 6.73 Å². The first-order valence-corrected chi connectivity index (χ1v) is 3.31. The summed E-state index contributed by atoms with van der Waals surface area (Å²) < 4.78 is 8.93. The third-order valence-corrected chi connectivity index (χ3v) is 0.960. The predicted octanol–water partition coefficient (Wildman–Crippen LogP) is -0.383. The summed E-state index contributed by atoms with van der Waals surface area (Å²) in [6, 6.07) is 0. The Morgan fingerprint density at radius 2 is 2.09 bits per heavy atom. The van der Waals surface area contributed by atoms with E-state index in [0.717, 1.165) is 0 Å². The van der Waals surface area contributed by atoms with Crippen molar-refractivity contribution in [2.24, 2.45) is 5.73 Å². The van der Waals surface area contributed by atoms with Gasteiger partial charge in [0, 0.05) is 6.54 Å². The van der Waals surface area contributed by atoms with E-state index in [9.17, 15) is 4.79 Å². The number of carbonyl (C=O) groups is 1. The van der Waals surface area contributed by atoms with Crippen LogP contribution in [0.2, 0.25) is 0 Å². The molecule has 0 atom stereocenters. The van der Waals surface area contributed by atoms with Gasteiger partial charge >= 0.3 is 6.16 Å². The molecular weight excluding hydrogens is 148 g/mol. The lowest BCUT2D eigenvalue weighted by Gasteiger charge is -2.08. The van der Waals surface area contributed by atoms with Gasteiger partial charge in [0.05, 0.1) is 0 Å². The highest BCUT2D eigenvalue weighted by molar-refractivity contribution is 5.59. The molecule has 5 nitrogen and oxygen atoms in total. The number of carbonyl (C=O) groups excluding carboxylic acids is 1. The summed E-state index contributed by atoms with van der Waals surface area (Å²) in [6.45, 7) is 0.867. The van der Waals surface area contributed by atoms with E-state index in [1.165, 1.54) is 0 Å². The molecule has 0 saturated carbocycles. The fourth-order valence-electron chi connectivity index (χ4n) is 0.421. The molecular formula is C6H14N2O3. The number of hydrogen-bond donors (Lipinski definition) is 1. The lowest BCUT2D eigenvalue weighted by Crippen LogP contribution is -2.21. The monoisotopic (exact) mass is 162 g/mol. The summed E-state index contributed by atoms with van der Waals surface area (Å²) in [5.74, 6) is 0. The Morgan fingerprint density at radius 3 is 2.55 bits per heavy atom. The molecule has 0 aromatic rings. The van der Waals surface area contributed by atoms with Gasteiger partial charge in [-0.1, -0.05) is 0 Å². The Balaban J connectivity index is 3.17. The van der Waals surface area contributed by atoms with Crippen LogP contribution in [-0.4, -0.2) is 45.0 Å². The van der Waals surface area contributed by atoms with Gasteiger partial charge in [-0.15, -0.1) is 0 Å². The van der Waals surface area contributed by atoms with Gasteiger partial charge < -0.3 is 14.4 Å². The maximum Gasteiger partial charge on any atom is 0.509 e. The van der Waals surface area contributed by atoms with Crippen molar-refractivity contribution in [3.8, 4) is 0 Å². The number of rotatable bonds is 4. The summed E-state index contributed by atoms with van der Waals surface area (Å²) in [6.07, 6.45) is -0.714. The molecule has 0 rings (SSSR count). The fourth-order valence-corrected chi connectivity index (χ4v) is 0.421. The summed E-state index contributed by atoms with van der Waals surface area (Å²) in [7, 11) is 3.77. The van der Waals surface area contributed by atoms with Crippen molar-refractivity contribution in [3.63, 3.8) is 0 Å². The molecule has 11 heavy (non-hydrogen) atoms. The predicted molar refractivity (Wildman–Crippen MR) is 40.0 cm³/mol. The van der Waals surface area contributed by atoms with Crippen molar-refractivity contribution in [1.82, 2.24) is 4.90 Å². The highest BCUT2D eigenvalue weighted by Crippen LogP contribution is 1.83. The average Bonchev–Trinajstić information content (AvgIpc) is 1.87. The molecule has 0 saturated heterocycles. The van der Waals surface area contributed by atoms with Crippen LogP contribution in [0.5, 0.6) is 0 Å². The zero-order chi connectivity index (χ0) is 8.69. The molecule has 0 radical (unpaired) electrons. The SMILES string of the molecule is CN(C)CCOC(=O)OCN. The minimum Gasteiger partial charge on any atom is -0.433 e.